The van der Waals surface area contributed by atoms with Crippen molar-refractivity contribution in [2.45, 2.75) is 20.6 Å². The van der Waals surface area contributed by atoms with E-state index in [-0.39, 0.29) is 24.2 Å². The predicted octanol–water partition coefficient (Wildman–Crippen LogP) is 4.09. The quantitative estimate of drug-likeness (QED) is 0.654. The highest BCUT2D eigenvalue weighted by Crippen LogP contribution is 2.22. The van der Waals surface area contributed by atoms with Gasteiger partial charge in [0.25, 0.3) is 5.91 Å². The molecule has 0 saturated carbocycles. The molecule has 2 N–H and O–H groups in total. The molecule has 0 saturated heterocycles. The number of aromatic nitrogens is 2. The van der Waals surface area contributed by atoms with Gasteiger partial charge in [-0.3, -0.25) is 9.59 Å². The molecule has 0 fully saturated rings. The van der Waals surface area contributed by atoms with Crippen molar-refractivity contribution in [3.8, 4) is 5.75 Å². The minimum Gasteiger partial charge on any atom is -0.471 e. The maximum absolute atomic E-state index is 12.3. The average Bonchev–Trinajstić information content (AvgIpc) is 3.11. The second-order valence-electron chi connectivity index (χ2n) is 6.14. The molecule has 0 radical (unpaired) electrons. The number of amides is 2. The summed E-state index contributed by atoms with van der Waals surface area (Å²) in [4.78, 5) is 23.4. The molecule has 3 rings (SSSR count). The van der Waals surface area contributed by atoms with Crippen LogP contribution in [-0.4, -0.2) is 21.6 Å². The van der Waals surface area contributed by atoms with Crippen LogP contribution in [0.3, 0.4) is 0 Å². The van der Waals surface area contributed by atoms with Crippen molar-refractivity contribution in [3.05, 3.63) is 71.0 Å². The second kappa shape index (κ2) is 8.58. The largest absolute Gasteiger partial charge is 0.471 e. The van der Waals surface area contributed by atoms with Gasteiger partial charge in [0.05, 0.1) is 0 Å². The van der Waals surface area contributed by atoms with Crippen molar-refractivity contribution in [3.63, 3.8) is 0 Å². The molecule has 8 heteroatoms. The van der Waals surface area contributed by atoms with Crippen molar-refractivity contribution in [2.75, 3.05) is 10.6 Å². The molecule has 1 aromatic heterocycles. The SMILES string of the molecule is CC(=O)Nc1ccc(NC(=O)c2ccn(COc3ccc(Cl)cc3C)n2)cc1. The summed E-state index contributed by atoms with van der Waals surface area (Å²) in [5.74, 6) is 0.206. The standard InChI is InChI=1S/C20H19ClN4O3/c1-13-11-15(21)3-8-19(13)28-12-25-10-9-18(24-25)20(27)23-17-6-4-16(5-7-17)22-14(2)26/h3-11H,12H2,1-2H3,(H,22,26)(H,23,27). The van der Waals surface area contributed by atoms with Crippen LogP contribution in [0.2, 0.25) is 5.02 Å². The molecule has 3 aromatic rings. The number of benzene rings is 2. The summed E-state index contributed by atoms with van der Waals surface area (Å²) in [6, 6.07) is 13.8. The summed E-state index contributed by atoms with van der Waals surface area (Å²) in [6.45, 7) is 3.51. The lowest BCUT2D eigenvalue weighted by molar-refractivity contribution is -0.114. The fourth-order valence-corrected chi connectivity index (χ4v) is 2.73. The number of hydrogen-bond acceptors (Lipinski definition) is 4. The van der Waals surface area contributed by atoms with Gasteiger partial charge in [-0.1, -0.05) is 11.6 Å². The Kier molecular flexibility index (Phi) is 5.96. The van der Waals surface area contributed by atoms with E-state index in [0.29, 0.717) is 22.1 Å². The van der Waals surface area contributed by atoms with Crippen LogP contribution in [0.15, 0.2) is 54.7 Å². The van der Waals surface area contributed by atoms with Crippen LogP contribution in [0.5, 0.6) is 5.75 Å². The lowest BCUT2D eigenvalue weighted by Gasteiger charge is -2.09. The molecule has 0 bridgehead atoms. The fourth-order valence-electron chi connectivity index (χ4n) is 2.50. The van der Waals surface area contributed by atoms with Gasteiger partial charge in [-0.2, -0.15) is 5.10 Å². The first kappa shape index (κ1) is 19.4. The number of rotatable bonds is 6. The zero-order chi connectivity index (χ0) is 20.1. The summed E-state index contributed by atoms with van der Waals surface area (Å²) in [5, 5.41) is 10.3. The first-order valence-corrected chi connectivity index (χ1v) is 8.90. The second-order valence-corrected chi connectivity index (χ2v) is 6.57. The summed E-state index contributed by atoms with van der Waals surface area (Å²) in [5.41, 5.74) is 2.44. The molecule has 144 valence electrons. The van der Waals surface area contributed by atoms with Gasteiger partial charge in [0.1, 0.15) is 5.75 Å². The molecular formula is C20H19ClN4O3. The van der Waals surface area contributed by atoms with Gasteiger partial charge < -0.3 is 15.4 Å². The summed E-state index contributed by atoms with van der Waals surface area (Å²) in [7, 11) is 0. The normalized spacial score (nSPS) is 10.4. The van der Waals surface area contributed by atoms with Crippen LogP contribution in [0.4, 0.5) is 11.4 Å². The molecule has 0 spiro atoms. The fraction of sp³-hybridized carbons (Fsp3) is 0.150. The van der Waals surface area contributed by atoms with E-state index < -0.39 is 0 Å². The van der Waals surface area contributed by atoms with E-state index in [4.69, 9.17) is 16.3 Å². The van der Waals surface area contributed by atoms with Gasteiger partial charge in [-0.15, -0.1) is 0 Å². The third-order valence-corrected chi connectivity index (χ3v) is 4.06. The molecular weight excluding hydrogens is 380 g/mol. The number of anilines is 2. The monoisotopic (exact) mass is 398 g/mol. The Morgan fingerprint density at radius 3 is 2.39 bits per heavy atom. The zero-order valence-corrected chi connectivity index (χ0v) is 16.2. The molecule has 0 unspecified atom stereocenters. The number of nitrogens with one attached hydrogen (secondary N) is 2. The highest BCUT2D eigenvalue weighted by atomic mass is 35.5. The van der Waals surface area contributed by atoms with E-state index in [1.807, 2.05) is 13.0 Å². The molecule has 0 aliphatic heterocycles. The van der Waals surface area contributed by atoms with Gasteiger partial charge in [0.2, 0.25) is 5.91 Å². The van der Waals surface area contributed by atoms with Crippen LogP contribution in [-0.2, 0) is 11.5 Å². The number of hydrogen-bond donors (Lipinski definition) is 2. The van der Waals surface area contributed by atoms with Crippen LogP contribution >= 0.6 is 11.6 Å². The topological polar surface area (TPSA) is 85.2 Å². The van der Waals surface area contributed by atoms with Gasteiger partial charge in [-0.25, -0.2) is 4.68 Å². The van der Waals surface area contributed by atoms with E-state index in [9.17, 15) is 9.59 Å². The molecule has 1 heterocycles. The molecule has 28 heavy (non-hydrogen) atoms. The van der Waals surface area contributed by atoms with E-state index in [1.54, 1.807) is 48.7 Å². The third kappa shape index (κ3) is 5.11. The summed E-state index contributed by atoms with van der Waals surface area (Å²) in [6.07, 6.45) is 1.67. The van der Waals surface area contributed by atoms with E-state index in [1.165, 1.54) is 11.6 Å². The molecule has 0 atom stereocenters. The van der Waals surface area contributed by atoms with Crippen molar-refractivity contribution < 1.29 is 14.3 Å². The van der Waals surface area contributed by atoms with E-state index in [0.717, 1.165) is 5.56 Å². The predicted molar refractivity (Wildman–Crippen MR) is 108 cm³/mol. The van der Waals surface area contributed by atoms with Crippen molar-refractivity contribution >= 4 is 34.8 Å². The average molecular weight is 399 g/mol. The number of carbonyl (C=O) groups excluding carboxylic acids is 2. The first-order valence-electron chi connectivity index (χ1n) is 8.52. The molecule has 2 aromatic carbocycles. The van der Waals surface area contributed by atoms with Crippen LogP contribution in [0.1, 0.15) is 23.0 Å². The highest BCUT2D eigenvalue weighted by Gasteiger charge is 2.10. The lowest BCUT2D eigenvalue weighted by Crippen LogP contribution is -2.14. The number of carbonyl (C=O) groups is 2. The number of halogens is 1. The Morgan fingerprint density at radius 2 is 1.75 bits per heavy atom. The lowest BCUT2D eigenvalue weighted by atomic mass is 10.2. The van der Waals surface area contributed by atoms with Gasteiger partial charge in [0, 0.05) is 29.5 Å². The van der Waals surface area contributed by atoms with Crippen molar-refractivity contribution in [1.29, 1.82) is 0 Å². The highest BCUT2D eigenvalue weighted by molar-refractivity contribution is 6.30. The molecule has 0 aliphatic carbocycles. The molecule has 0 aliphatic rings. The third-order valence-electron chi connectivity index (χ3n) is 3.83. The molecule has 7 nitrogen and oxygen atoms in total. The van der Waals surface area contributed by atoms with Gasteiger partial charge >= 0.3 is 0 Å². The number of ether oxygens (including phenoxy) is 1. The zero-order valence-electron chi connectivity index (χ0n) is 15.4. The first-order chi connectivity index (χ1) is 13.4. The minimum absolute atomic E-state index is 0.154. The van der Waals surface area contributed by atoms with Crippen LogP contribution in [0.25, 0.3) is 0 Å². The maximum Gasteiger partial charge on any atom is 0.276 e. The van der Waals surface area contributed by atoms with Gasteiger partial charge in [0.15, 0.2) is 12.4 Å². The van der Waals surface area contributed by atoms with Crippen LogP contribution in [0, 0.1) is 6.92 Å². The number of nitrogens with zero attached hydrogens (tertiary/aromatic N) is 2. The van der Waals surface area contributed by atoms with Crippen molar-refractivity contribution in [2.24, 2.45) is 0 Å². The Bertz CT molecular complexity index is 999. The summed E-state index contributed by atoms with van der Waals surface area (Å²) < 4.78 is 7.24. The molecule has 2 amide bonds. The Labute approximate surface area is 167 Å². The minimum atomic E-state index is -0.339. The van der Waals surface area contributed by atoms with E-state index >= 15 is 0 Å². The Balaban J connectivity index is 1.58. The van der Waals surface area contributed by atoms with Crippen LogP contribution < -0.4 is 15.4 Å². The van der Waals surface area contributed by atoms with E-state index in [2.05, 4.69) is 15.7 Å². The Morgan fingerprint density at radius 1 is 1.07 bits per heavy atom. The van der Waals surface area contributed by atoms with Crippen molar-refractivity contribution in [1.82, 2.24) is 9.78 Å². The van der Waals surface area contributed by atoms with Gasteiger partial charge in [-0.05, 0) is 61.0 Å². The smallest absolute Gasteiger partial charge is 0.276 e. The Hall–Kier alpha value is -3.32. The number of aryl methyl sites for hydroxylation is 1. The maximum atomic E-state index is 12.3. The summed E-state index contributed by atoms with van der Waals surface area (Å²) >= 11 is 5.93.